The van der Waals surface area contributed by atoms with Crippen LogP contribution < -0.4 is 4.74 Å². The highest BCUT2D eigenvalue weighted by atomic mass is 32.2. The summed E-state index contributed by atoms with van der Waals surface area (Å²) in [4.78, 5) is 17.7. The number of amides is 1. The fourth-order valence-electron chi connectivity index (χ4n) is 3.45. The van der Waals surface area contributed by atoms with E-state index in [9.17, 15) is 18.7 Å². The molecule has 3 rings (SSSR count). The van der Waals surface area contributed by atoms with E-state index in [1.54, 1.807) is 31.5 Å². The summed E-state index contributed by atoms with van der Waals surface area (Å²) in [6.45, 7) is 7.52. The summed E-state index contributed by atoms with van der Waals surface area (Å²) in [6.07, 6.45) is 2.27. The van der Waals surface area contributed by atoms with E-state index in [0.29, 0.717) is 39.9 Å². The summed E-state index contributed by atoms with van der Waals surface area (Å²) < 4.78 is 45.9. The van der Waals surface area contributed by atoms with Crippen LogP contribution >= 0.6 is 11.3 Å². The molecule has 0 aliphatic rings. The number of aromatic nitrogens is 2. The predicted octanol–water partition coefficient (Wildman–Crippen LogP) is 4.67. The van der Waals surface area contributed by atoms with Crippen LogP contribution in [0.5, 0.6) is 5.06 Å². The second-order valence-corrected chi connectivity index (χ2v) is 10.6. The lowest BCUT2D eigenvalue weighted by Gasteiger charge is -2.25. The molecule has 11 heteroatoms. The van der Waals surface area contributed by atoms with Crippen molar-refractivity contribution in [2.45, 2.75) is 53.2 Å². The van der Waals surface area contributed by atoms with Gasteiger partial charge in [-0.25, -0.2) is 18.5 Å². The fraction of sp³-hybridized carbons (Fsp3) is 0.417. The molecule has 0 radical (unpaired) electrons. The number of imidazole rings is 1. The number of rotatable bonds is 10. The van der Waals surface area contributed by atoms with Gasteiger partial charge in [-0.3, -0.25) is 4.21 Å². The molecule has 0 aliphatic heterocycles. The van der Waals surface area contributed by atoms with Crippen molar-refractivity contribution < 1.29 is 27.8 Å². The van der Waals surface area contributed by atoms with Gasteiger partial charge in [0.25, 0.3) is 0 Å². The summed E-state index contributed by atoms with van der Waals surface area (Å²) in [5, 5.41) is 10.00. The van der Waals surface area contributed by atoms with Crippen LogP contribution in [0.25, 0.3) is 11.1 Å². The maximum Gasteiger partial charge on any atom is 0.427 e. The molecule has 0 saturated heterocycles. The highest BCUT2D eigenvalue weighted by molar-refractivity contribution is 7.77. The fourth-order valence-corrected chi connectivity index (χ4v) is 5.13. The number of thiophene rings is 1. The number of hydrogen-bond acceptors (Lipinski definition) is 7. The lowest BCUT2D eigenvalue weighted by atomic mass is 10.0. The first-order valence-corrected chi connectivity index (χ1v) is 13.1. The van der Waals surface area contributed by atoms with E-state index >= 15 is 4.39 Å². The highest BCUT2D eigenvalue weighted by Crippen LogP contribution is 2.40. The highest BCUT2D eigenvalue weighted by Gasteiger charge is 2.24. The Morgan fingerprint density at radius 1 is 1.37 bits per heavy atom. The zero-order valence-corrected chi connectivity index (χ0v) is 21.7. The van der Waals surface area contributed by atoms with Crippen LogP contribution in [0.1, 0.15) is 43.5 Å². The molecule has 0 fully saturated rings. The van der Waals surface area contributed by atoms with Crippen LogP contribution in [0.2, 0.25) is 0 Å². The van der Waals surface area contributed by atoms with E-state index < -0.39 is 35.8 Å². The average molecular weight is 523 g/mol. The first-order valence-electron chi connectivity index (χ1n) is 11.2. The Labute approximate surface area is 210 Å². The zero-order chi connectivity index (χ0) is 25.7. The van der Waals surface area contributed by atoms with Crippen LogP contribution in [0.15, 0.2) is 36.7 Å². The van der Waals surface area contributed by atoms with Gasteiger partial charge in [-0.1, -0.05) is 32.9 Å². The lowest BCUT2D eigenvalue weighted by Crippen LogP contribution is -2.40. The van der Waals surface area contributed by atoms with Gasteiger partial charge in [-0.2, -0.15) is 0 Å². The third kappa shape index (κ3) is 6.97. The van der Waals surface area contributed by atoms with E-state index in [-0.39, 0.29) is 11.5 Å². The third-order valence-electron chi connectivity index (χ3n) is 5.40. The molecule has 3 aromatic rings. The van der Waals surface area contributed by atoms with E-state index in [0.717, 1.165) is 10.7 Å². The van der Waals surface area contributed by atoms with E-state index in [4.69, 9.17) is 4.74 Å². The van der Waals surface area contributed by atoms with Crippen molar-refractivity contribution in [1.29, 1.82) is 0 Å². The predicted molar refractivity (Wildman–Crippen MR) is 132 cm³/mol. The standard InChI is InChI=1S/C24H30FN3O5S2/c1-5-19(29)14-28(35(31)32)24(30)33-23-21(12-20(34-23)10-15(2)3)17-6-7-18(22(25)11-17)13-27-9-8-26-16(27)4/h6-9,11-12,15,19,29H,5,10,13-14H2,1-4H3,(H,31,32)/p-1. The van der Waals surface area contributed by atoms with Crippen LogP contribution in [-0.4, -0.2) is 46.5 Å². The van der Waals surface area contributed by atoms with Crippen molar-refractivity contribution in [3.8, 4) is 16.2 Å². The molecule has 8 nitrogen and oxygen atoms in total. The largest absolute Gasteiger partial charge is 0.755 e. The Morgan fingerprint density at radius 3 is 2.69 bits per heavy atom. The van der Waals surface area contributed by atoms with E-state index in [1.807, 2.05) is 31.4 Å². The molecule has 0 aliphatic carbocycles. The maximum atomic E-state index is 15.0. The summed E-state index contributed by atoms with van der Waals surface area (Å²) in [5.41, 5.74) is 1.48. The van der Waals surface area contributed by atoms with Gasteiger partial charge in [-0.15, -0.1) is 11.3 Å². The molecule has 1 aromatic carbocycles. The van der Waals surface area contributed by atoms with Gasteiger partial charge >= 0.3 is 6.09 Å². The summed E-state index contributed by atoms with van der Waals surface area (Å²) >= 11 is -1.71. The van der Waals surface area contributed by atoms with Crippen molar-refractivity contribution in [3.63, 3.8) is 0 Å². The molecular formula is C24H29FN3O5S2-. The molecule has 2 unspecified atom stereocenters. The Balaban J connectivity index is 1.92. The monoisotopic (exact) mass is 522 g/mol. The topological polar surface area (TPSA) is 108 Å². The van der Waals surface area contributed by atoms with Gasteiger partial charge in [0.1, 0.15) is 11.6 Å². The summed E-state index contributed by atoms with van der Waals surface area (Å²) in [6, 6.07) is 6.63. The third-order valence-corrected chi connectivity index (χ3v) is 7.09. The maximum absolute atomic E-state index is 15.0. The first-order chi connectivity index (χ1) is 16.6. The number of aliphatic hydroxyl groups is 1. The number of aryl methyl sites for hydroxylation is 1. The molecule has 0 spiro atoms. The normalized spacial score (nSPS) is 13.1. The Bertz CT molecular complexity index is 1190. The molecule has 190 valence electrons. The number of ether oxygens (including phenoxy) is 1. The second kappa shape index (κ2) is 11.9. The van der Waals surface area contributed by atoms with Gasteiger partial charge in [0.15, 0.2) is 5.06 Å². The molecule has 1 N–H and O–H groups in total. The number of benzene rings is 1. The SMILES string of the molecule is CCC(O)CN(C(=O)Oc1sc(CC(C)C)cc1-c1ccc(Cn2ccnc2C)c(F)c1)S(=O)[O-]. The van der Waals surface area contributed by atoms with Crippen molar-refractivity contribution >= 4 is 28.7 Å². The Morgan fingerprint density at radius 2 is 2.11 bits per heavy atom. The number of nitrogens with zero attached hydrogens (tertiary/aromatic N) is 3. The van der Waals surface area contributed by atoms with Gasteiger partial charge in [0, 0.05) is 28.4 Å². The molecule has 1 amide bonds. The minimum atomic E-state index is -2.92. The zero-order valence-electron chi connectivity index (χ0n) is 20.1. The van der Waals surface area contributed by atoms with E-state index in [2.05, 4.69) is 4.98 Å². The van der Waals surface area contributed by atoms with Crippen LogP contribution in [-0.2, 0) is 24.2 Å². The van der Waals surface area contributed by atoms with Crippen molar-refractivity contribution in [2.24, 2.45) is 5.92 Å². The summed E-state index contributed by atoms with van der Waals surface area (Å²) in [5.74, 6) is 0.679. The van der Waals surface area contributed by atoms with E-state index in [1.165, 1.54) is 17.4 Å². The molecule has 0 saturated carbocycles. The summed E-state index contributed by atoms with van der Waals surface area (Å²) in [7, 11) is 0. The van der Waals surface area contributed by atoms with Gasteiger partial charge in [-0.05, 0) is 43.4 Å². The van der Waals surface area contributed by atoms with Crippen LogP contribution in [0.3, 0.4) is 0 Å². The van der Waals surface area contributed by atoms with Crippen molar-refractivity contribution in [3.05, 3.63) is 58.7 Å². The molecule has 2 aromatic heterocycles. The molecule has 2 atom stereocenters. The van der Waals surface area contributed by atoms with Crippen LogP contribution in [0, 0.1) is 18.7 Å². The first kappa shape index (κ1) is 27.0. The number of aliphatic hydroxyl groups excluding tert-OH is 1. The Kier molecular flexibility index (Phi) is 9.17. The molecule has 2 heterocycles. The Hall–Kier alpha value is -2.60. The van der Waals surface area contributed by atoms with Crippen molar-refractivity contribution in [1.82, 2.24) is 13.9 Å². The van der Waals surface area contributed by atoms with Crippen molar-refractivity contribution in [2.75, 3.05) is 6.54 Å². The number of carbonyl (C=O) groups excluding carboxylic acids is 1. The van der Waals surface area contributed by atoms with Gasteiger partial charge in [0.05, 0.1) is 30.5 Å². The molecule has 35 heavy (non-hydrogen) atoms. The molecular weight excluding hydrogens is 493 g/mol. The van der Waals surface area contributed by atoms with Gasteiger partial charge in [0.2, 0.25) is 0 Å². The molecule has 0 bridgehead atoms. The number of hydrogen-bond donors (Lipinski definition) is 1. The number of carbonyl (C=O) groups is 1. The lowest BCUT2D eigenvalue weighted by molar-refractivity contribution is 0.128. The van der Waals surface area contributed by atoms with Crippen LogP contribution in [0.4, 0.5) is 9.18 Å². The number of halogens is 1. The smallest absolute Gasteiger partial charge is 0.427 e. The van der Waals surface area contributed by atoms with Gasteiger partial charge < -0.3 is 19.0 Å². The minimum absolute atomic E-state index is 0.171. The second-order valence-electron chi connectivity index (χ2n) is 8.63. The minimum Gasteiger partial charge on any atom is -0.755 e. The average Bonchev–Trinajstić information content (AvgIpc) is 3.37. The quantitative estimate of drug-likeness (QED) is 0.388.